The Morgan fingerprint density at radius 1 is 1.38 bits per heavy atom. The highest BCUT2D eigenvalue weighted by atomic mass is 19.1. The molecular formula is C22H21FN6O3. The number of aromatic amines is 1. The number of carbonyl (C=O) groups excluding carboxylic acids is 2. The Balaban J connectivity index is 1.66. The molecule has 9 nitrogen and oxygen atoms in total. The number of aryl methyl sites for hydroxylation is 1. The van der Waals surface area contributed by atoms with Gasteiger partial charge in [-0.25, -0.2) is 14.2 Å². The van der Waals surface area contributed by atoms with Gasteiger partial charge in [0.1, 0.15) is 11.3 Å². The van der Waals surface area contributed by atoms with Gasteiger partial charge in [-0.1, -0.05) is 6.92 Å². The number of fused-ring (bicyclic) bond motifs is 1. The van der Waals surface area contributed by atoms with Crippen LogP contribution in [0.25, 0.3) is 17.2 Å². The second kappa shape index (κ2) is 8.58. The number of rotatable bonds is 5. The molecule has 1 aliphatic heterocycles. The van der Waals surface area contributed by atoms with Gasteiger partial charge in [-0.2, -0.15) is 0 Å². The third-order valence-electron chi connectivity index (χ3n) is 5.06. The van der Waals surface area contributed by atoms with E-state index in [1.165, 1.54) is 12.2 Å². The van der Waals surface area contributed by atoms with Crippen molar-refractivity contribution in [3.63, 3.8) is 0 Å². The van der Waals surface area contributed by atoms with Crippen LogP contribution >= 0.6 is 0 Å². The number of halogens is 1. The second-order valence-electron chi connectivity index (χ2n) is 7.26. The van der Waals surface area contributed by atoms with Gasteiger partial charge in [0, 0.05) is 29.7 Å². The molecule has 0 aromatic carbocycles. The fourth-order valence-electron chi connectivity index (χ4n) is 3.52. The monoisotopic (exact) mass is 436 g/mol. The number of hydrogen-bond acceptors (Lipinski definition) is 6. The van der Waals surface area contributed by atoms with Crippen molar-refractivity contribution >= 4 is 29.1 Å². The van der Waals surface area contributed by atoms with Crippen molar-refractivity contribution in [3.8, 4) is 0 Å². The lowest BCUT2D eigenvalue weighted by Gasteiger charge is -2.03. The molecule has 32 heavy (non-hydrogen) atoms. The molecule has 0 aliphatic carbocycles. The smallest absolute Gasteiger partial charge is 0.358 e. The van der Waals surface area contributed by atoms with Gasteiger partial charge in [-0.15, -0.1) is 5.10 Å². The highest BCUT2D eigenvalue weighted by Crippen LogP contribution is 2.26. The normalized spacial score (nSPS) is 16.9. The molecule has 1 fully saturated rings. The molecular weight excluding hydrogens is 415 g/mol. The Bertz CT molecular complexity index is 1310. The first kappa shape index (κ1) is 21.2. The van der Waals surface area contributed by atoms with Crippen LogP contribution in [-0.4, -0.2) is 43.5 Å². The Morgan fingerprint density at radius 3 is 2.97 bits per heavy atom. The lowest BCUT2D eigenvalue weighted by atomic mass is 10.0. The van der Waals surface area contributed by atoms with Crippen molar-refractivity contribution in [2.75, 3.05) is 6.54 Å². The molecule has 4 heterocycles. The third-order valence-corrected chi connectivity index (χ3v) is 5.06. The zero-order valence-corrected chi connectivity index (χ0v) is 17.8. The molecule has 0 radical (unpaired) electrons. The van der Waals surface area contributed by atoms with Crippen LogP contribution in [0, 0.1) is 13.8 Å². The quantitative estimate of drug-likeness (QED) is 0.470. The number of carbonyl (C=O) groups is 2. The Morgan fingerprint density at radius 2 is 2.19 bits per heavy atom. The number of pyridine rings is 1. The van der Waals surface area contributed by atoms with Crippen LogP contribution < -0.4 is 10.2 Å². The number of hydrogen-bond donors (Lipinski definition) is 2. The Hall–Kier alpha value is -4.08. The summed E-state index contributed by atoms with van der Waals surface area (Å²) < 4.78 is 14.0. The summed E-state index contributed by atoms with van der Waals surface area (Å²) in [4.78, 5) is 38.7. The fourth-order valence-corrected chi connectivity index (χ4v) is 3.52. The van der Waals surface area contributed by atoms with Gasteiger partial charge in [-0.3, -0.25) is 4.79 Å². The van der Waals surface area contributed by atoms with Crippen LogP contribution in [0.1, 0.15) is 40.7 Å². The first-order valence-corrected chi connectivity index (χ1v) is 10.0. The van der Waals surface area contributed by atoms with Crippen LogP contribution in [0.15, 0.2) is 47.5 Å². The standard InChI is InChI=1S/C22H21FN6O3/c1-4-6-15(23)9-14-11-25-21(30)16(14)10-18-12(2)19(13(3)26-18)22(31)32-29-20-17(27-28-29)7-5-8-24-20/h5-10,26H,4,11H2,1-3H3,(H,25,30)/b14-9+,15-6+,16-10-. The summed E-state index contributed by atoms with van der Waals surface area (Å²) in [6, 6.07) is 3.40. The van der Waals surface area contributed by atoms with Crippen LogP contribution in [0.4, 0.5) is 4.39 Å². The Labute approximate surface area is 182 Å². The molecule has 2 N–H and O–H groups in total. The van der Waals surface area contributed by atoms with E-state index in [4.69, 9.17) is 4.84 Å². The molecule has 1 aliphatic rings. The maximum atomic E-state index is 14.0. The summed E-state index contributed by atoms with van der Waals surface area (Å²) in [6.07, 6.45) is 6.49. The summed E-state index contributed by atoms with van der Waals surface area (Å²) in [6.45, 7) is 5.52. The molecule has 1 amide bonds. The average Bonchev–Trinajstić information content (AvgIpc) is 3.40. The maximum Gasteiger partial charge on any atom is 0.367 e. The van der Waals surface area contributed by atoms with E-state index in [1.807, 2.05) is 6.92 Å². The van der Waals surface area contributed by atoms with Crippen molar-refractivity contribution in [1.29, 1.82) is 0 Å². The molecule has 0 saturated carbocycles. The van der Waals surface area contributed by atoms with Crippen LogP contribution in [0.5, 0.6) is 0 Å². The van der Waals surface area contributed by atoms with Crippen LogP contribution in [0.2, 0.25) is 0 Å². The molecule has 0 bridgehead atoms. The average molecular weight is 436 g/mol. The first-order valence-electron chi connectivity index (χ1n) is 10.0. The number of H-pyrrole nitrogens is 1. The minimum absolute atomic E-state index is 0.232. The summed E-state index contributed by atoms with van der Waals surface area (Å²) in [5.74, 6) is -1.36. The Kier molecular flexibility index (Phi) is 5.67. The lowest BCUT2D eigenvalue weighted by Crippen LogP contribution is -2.22. The van der Waals surface area contributed by atoms with E-state index in [2.05, 4.69) is 25.6 Å². The van der Waals surface area contributed by atoms with Gasteiger partial charge in [0.15, 0.2) is 0 Å². The van der Waals surface area contributed by atoms with E-state index in [9.17, 15) is 14.0 Å². The van der Waals surface area contributed by atoms with Crippen molar-refractivity contribution in [2.45, 2.75) is 27.2 Å². The van der Waals surface area contributed by atoms with Gasteiger partial charge in [0.2, 0.25) is 5.65 Å². The number of nitrogens with zero attached hydrogens (tertiary/aromatic N) is 4. The fraction of sp³-hybridized carbons (Fsp3) is 0.227. The molecule has 0 atom stereocenters. The molecule has 10 heteroatoms. The zero-order valence-electron chi connectivity index (χ0n) is 17.8. The molecule has 3 aromatic rings. The first-order chi connectivity index (χ1) is 15.4. The molecule has 164 valence electrons. The predicted octanol–water partition coefficient (Wildman–Crippen LogP) is 2.74. The van der Waals surface area contributed by atoms with E-state index in [1.54, 1.807) is 38.3 Å². The van der Waals surface area contributed by atoms with Gasteiger partial charge in [-0.05, 0) is 71.8 Å². The highest BCUT2D eigenvalue weighted by Gasteiger charge is 2.25. The van der Waals surface area contributed by atoms with Gasteiger partial charge in [0.05, 0.1) is 5.56 Å². The zero-order chi connectivity index (χ0) is 22.8. The third kappa shape index (κ3) is 3.94. The number of amides is 1. The lowest BCUT2D eigenvalue weighted by molar-refractivity contribution is -0.116. The van der Waals surface area contributed by atoms with Gasteiger partial charge >= 0.3 is 5.97 Å². The van der Waals surface area contributed by atoms with Gasteiger partial charge < -0.3 is 15.1 Å². The van der Waals surface area contributed by atoms with E-state index < -0.39 is 11.8 Å². The van der Waals surface area contributed by atoms with Crippen molar-refractivity contribution in [1.82, 2.24) is 30.4 Å². The van der Waals surface area contributed by atoms with E-state index in [0.717, 1.165) is 4.85 Å². The maximum absolute atomic E-state index is 14.0. The predicted molar refractivity (Wildman–Crippen MR) is 115 cm³/mol. The van der Waals surface area contributed by atoms with Crippen molar-refractivity contribution < 1.29 is 18.8 Å². The van der Waals surface area contributed by atoms with Crippen molar-refractivity contribution in [3.05, 3.63) is 70.0 Å². The molecule has 3 aromatic heterocycles. The number of aromatic nitrogens is 5. The minimum Gasteiger partial charge on any atom is -0.358 e. The molecule has 0 spiro atoms. The van der Waals surface area contributed by atoms with Crippen LogP contribution in [0.3, 0.4) is 0 Å². The summed E-state index contributed by atoms with van der Waals surface area (Å²) in [5.41, 5.74) is 3.66. The van der Waals surface area contributed by atoms with Crippen molar-refractivity contribution in [2.24, 2.45) is 0 Å². The second-order valence-corrected chi connectivity index (χ2v) is 7.26. The van der Waals surface area contributed by atoms with E-state index >= 15 is 0 Å². The molecule has 4 rings (SSSR count). The van der Waals surface area contributed by atoms with Crippen LogP contribution in [-0.2, 0) is 4.79 Å². The summed E-state index contributed by atoms with van der Waals surface area (Å²) in [7, 11) is 0. The number of allylic oxidation sites excluding steroid dienone is 3. The molecule has 0 unspecified atom stereocenters. The highest BCUT2D eigenvalue weighted by molar-refractivity contribution is 6.06. The van der Waals surface area contributed by atoms with E-state index in [-0.39, 0.29) is 12.5 Å². The topological polar surface area (TPSA) is 115 Å². The summed E-state index contributed by atoms with van der Waals surface area (Å²) >= 11 is 0. The SMILES string of the molecule is CC\C=C(F)/C=C1\CNC(=O)\C1=C/c1[nH]c(C)c(C(=O)On2nnc3cccnc32)c1C. The van der Waals surface area contributed by atoms with Gasteiger partial charge in [0.25, 0.3) is 5.91 Å². The van der Waals surface area contributed by atoms with E-state index in [0.29, 0.717) is 51.2 Å². The largest absolute Gasteiger partial charge is 0.367 e. The minimum atomic E-state index is -0.651. The molecule has 1 saturated heterocycles. The summed E-state index contributed by atoms with van der Waals surface area (Å²) in [5, 5.41) is 10.4. The number of nitrogens with one attached hydrogen (secondary N) is 2.